The Morgan fingerprint density at radius 1 is 1.11 bits per heavy atom. The molecule has 1 aromatic carbocycles. The van der Waals surface area contributed by atoms with Gasteiger partial charge in [-0.25, -0.2) is 9.97 Å². The second-order valence-corrected chi connectivity index (χ2v) is 7.28. The van der Waals surface area contributed by atoms with Crippen LogP contribution in [0.2, 0.25) is 0 Å². The zero-order valence-electron chi connectivity index (χ0n) is 16.4. The minimum atomic E-state index is -0.00636. The van der Waals surface area contributed by atoms with Crippen LogP contribution < -0.4 is 4.90 Å². The Labute approximate surface area is 164 Å². The van der Waals surface area contributed by atoms with Gasteiger partial charge in [-0.1, -0.05) is 30.3 Å². The molecular weight excluding hydrogens is 350 g/mol. The van der Waals surface area contributed by atoms with Gasteiger partial charge < -0.3 is 9.80 Å². The van der Waals surface area contributed by atoms with E-state index in [2.05, 4.69) is 4.98 Å². The lowest BCUT2D eigenvalue weighted by molar-refractivity contribution is 0.0731. The molecule has 0 saturated heterocycles. The van der Waals surface area contributed by atoms with Crippen molar-refractivity contribution in [3.8, 4) is 11.4 Å². The van der Waals surface area contributed by atoms with Gasteiger partial charge in [0.25, 0.3) is 5.91 Å². The highest BCUT2D eigenvalue weighted by Crippen LogP contribution is 2.29. The van der Waals surface area contributed by atoms with Gasteiger partial charge in [-0.15, -0.1) is 0 Å². The van der Waals surface area contributed by atoms with Crippen LogP contribution in [0.1, 0.15) is 27.2 Å². The molecule has 1 aliphatic rings. The van der Waals surface area contributed by atoms with Crippen LogP contribution in [0.25, 0.3) is 11.4 Å². The van der Waals surface area contributed by atoms with E-state index in [1.807, 2.05) is 67.2 Å². The number of hydrogen-bond donors (Lipinski definition) is 0. The molecule has 0 fully saturated rings. The predicted octanol–water partition coefficient (Wildman–Crippen LogP) is 3.11. The number of rotatable bonds is 3. The lowest BCUT2D eigenvalue weighted by atomic mass is 10.0. The van der Waals surface area contributed by atoms with Crippen LogP contribution in [0.5, 0.6) is 0 Å². The highest BCUT2D eigenvalue weighted by molar-refractivity contribution is 5.94. The number of pyridine rings is 1. The molecule has 0 radical (unpaired) electrons. The van der Waals surface area contributed by atoms with Crippen LogP contribution in [-0.2, 0) is 13.0 Å². The first kappa shape index (κ1) is 18.1. The maximum atomic E-state index is 13.0. The average Bonchev–Trinajstić information content (AvgIpc) is 2.72. The summed E-state index contributed by atoms with van der Waals surface area (Å²) in [4.78, 5) is 30.6. The molecule has 0 unspecified atom stereocenters. The third-order valence-electron chi connectivity index (χ3n) is 4.91. The van der Waals surface area contributed by atoms with E-state index >= 15 is 0 Å². The third-order valence-corrected chi connectivity index (χ3v) is 4.91. The summed E-state index contributed by atoms with van der Waals surface area (Å²) >= 11 is 0. The van der Waals surface area contributed by atoms with Crippen molar-refractivity contribution in [3.05, 3.63) is 71.2 Å². The second-order valence-electron chi connectivity index (χ2n) is 7.28. The van der Waals surface area contributed by atoms with Gasteiger partial charge in [-0.3, -0.25) is 9.78 Å². The molecule has 0 spiro atoms. The number of carbonyl (C=O) groups is 1. The van der Waals surface area contributed by atoms with Gasteiger partial charge in [0.15, 0.2) is 5.82 Å². The number of carbonyl (C=O) groups excluding carboxylic acids is 1. The van der Waals surface area contributed by atoms with E-state index in [-0.39, 0.29) is 5.91 Å². The van der Waals surface area contributed by atoms with Crippen LogP contribution in [0, 0.1) is 6.92 Å². The van der Waals surface area contributed by atoms with Gasteiger partial charge in [0.05, 0.1) is 17.8 Å². The van der Waals surface area contributed by atoms with E-state index < -0.39 is 0 Å². The van der Waals surface area contributed by atoms with Crippen molar-refractivity contribution >= 4 is 11.7 Å². The summed E-state index contributed by atoms with van der Waals surface area (Å²) in [6.45, 7) is 3.07. The van der Waals surface area contributed by atoms with Gasteiger partial charge >= 0.3 is 0 Å². The zero-order chi connectivity index (χ0) is 19.7. The number of amides is 1. The van der Waals surface area contributed by atoms with Gasteiger partial charge in [-0.05, 0) is 25.0 Å². The summed E-state index contributed by atoms with van der Waals surface area (Å²) in [5, 5.41) is 0. The van der Waals surface area contributed by atoms with Gasteiger partial charge in [0, 0.05) is 44.2 Å². The van der Waals surface area contributed by atoms with Crippen molar-refractivity contribution in [2.45, 2.75) is 19.9 Å². The van der Waals surface area contributed by atoms with Crippen LogP contribution in [0.3, 0.4) is 0 Å². The first-order chi connectivity index (χ1) is 13.5. The molecule has 3 heterocycles. The first-order valence-corrected chi connectivity index (χ1v) is 9.36. The Morgan fingerprint density at radius 2 is 1.89 bits per heavy atom. The molecule has 4 rings (SSSR count). The van der Waals surface area contributed by atoms with Gasteiger partial charge in [0.2, 0.25) is 0 Å². The number of hydrogen-bond acceptors (Lipinski definition) is 5. The Morgan fingerprint density at radius 3 is 2.61 bits per heavy atom. The molecule has 1 amide bonds. The fourth-order valence-electron chi connectivity index (χ4n) is 3.52. The minimum Gasteiger partial charge on any atom is -0.362 e. The first-order valence-electron chi connectivity index (χ1n) is 9.36. The number of aryl methyl sites for hydroxylation is 1. The molecular formula is C22H23N5O. The lowest BCUT2D eigenvalue weighted by Gasteiger charge is -2.30. The molecule has 0 aliphatic carbocycles. The Balaban J connectivity index is 1.71. The van der Waals surface area contributed by atoms with Gasteiger partial charge in [0.1, 0.15) is 5.82 Å². The standard InChI is InChI=1S/C22H23N5O/c1-15-11-17(13-23-12-15)22(28)27-10-9-18-19(14-27)24-20(25-21(18)26(2)3)16-7-5-4-6-8-16/h4-8,11-13H,9-10,14H2,1-3H3. The van der Waals surface area contributed by atoms with Crippen molar-refractivity contribution in [2.75, 3.05) is 25.5 Å². The number of aromatic nitrogens is 3. The van der Waals surface area contributed by atoms with E-state index in [1.54, 1.807) is 12.4 Å². The smallest absolute Gasteiger partial charge is 0.255 e. The van der Waals surface area contributed by atoms with Crippen molar-refractivity contribution in [1.29, 1.82) is 0 Å². The number of fused-ring (bicyclic) bond motifs is 1. The summed E-state index contributed by atoms with van der Waals surface area (Å²) in [5.74, 6) is 1.61. The van der Waals surface area contributed by atoms with Crippen LogP contribution >= 0.6 is 0 Å². The molecule has 3 aromatic rings. The van der Waals surface area contributed by atoms with Crippen LogP contribution in [0.15, 0.2) is 48.8 Å². The molecule has 0 bridgehead atoms. The predicted molar refractivity (Wildman–Crippen MR) is 109 cm³/mol. The summed E-state index contributed by atoms with van der Waals surface area (Å²) < 4.78 is 0. The Hall–Kier alpha value is -3.28. The Bertz CT molecular complexity index is 1020. The molecule has 0 N–H and O–H groups in total. The van der Waals surface area contributed by atoms with Crippen LogP contribution in [-0.4, -0.2) is 46.4 Å². The summed E-state index contributed by atoms with van der Waals surface area (Å²) in [5.41, 5.74) is 4.61. The lowest BCUT2D eigenvalue weighted by Crippen LogP contribution is -2.37. The minimum absolute atomic E-state index is 0.00636. The van der Waals surface area contributed by atoms with E-state index in [0.29, 0.717) is 24.5 Å². The van der Waals surface area contributed by atoms with Crippen molar-refractivity contribution < 1.29 is 4.79 Å². The average molecular weight is 373 g/mol. The maximum absolute atomic E-state index is 13.0. The molecule has 1 aliphatic heterocycles. The molecule has 142 valence electrons. The molecule has 0 atom stereocenters. The van der Waals surface area contributed by atoms with E-state index in [9.17, 15) is 4.79 Å². The van der Waals surface area contributed by atoms with Crippen LogP contribution in [0.4, 0.5) is 5.82 Å². The SMILES string of the molecule is Cc1cncc(C(=O)N2CCc3c(nc(-c4ccccc4)nc3N(C)C)C2)c1. The molecule has 2 aromatic heterocycles. The van der Waals surface area contributed by atoms with E-state index in [0.717, 1.165) is 34.6 Å². The fourth-order valence-corrected chi connectivity index (χ4v) is 3.52. The Kier molecular flexibility index (Phi) is 4.77. The quantitative estimate of drug-likeness (QED) is 0.706. The van der Waals surface area contributed by atoms with Crippen molar-refractivity contribution in [3.63, 3.8) is 0 Å². The largest absolute Gasteiger partial charge is 0.362 e. The highest BCUT2D eigenvalue weighted by Gasteiger charge is 2.27. The highest BCUT2D eigenvalue weighted by atomic mass is 16.2. The molecule has 28 heavy (non-hydrogen) atoms. The monoisotopic (exact) mass is 373 g/mol. The normalized spacial score (nSPS) is 13.2. The molecule has 0 saturated carbocycles. The maximum Gasteiger partial charge on any atom is 0.255 e. The third kappa shape index (κ3) is 3.45. The zero-order valence-corrected chi connectivity index (χ0v) is 16.4. The molecule has 6 nitrogen and oxygen atoms in total. The summed E-state index contributed by atoms with van der Waals surface area (Å²) in [6, 6.07) is 11.8. The molecule has 6 heteroatoms. The van der Waals surface area contributed by atoms with Crippen molar-refractivity contribution in [2.24, 2.45) is 0 Å². The summed E-state index contributed by atoms with van der Waals surface area (Å²) in [7, 11) is 3.99. The van der Waals surface area contributed by atoms with E-state index in [4.69, 9.17) is 9.97 Å². The van der Waals surface area contributed by atoms with Crippen molar-refractivity contribution in [1.82, 2.24) is 19.9 Å². The number of nitrogens with zero attached hydrogens (tertiary/aromatic N) is 5. The number of benzene rings is 1. The summed E-state index contributed by atoms with van der Waals surface area (Å²) in [6.07, 6.45) is 4.12. The topological polar surface area (TPSA) is 62.2 Å². The number of anilines is 1. The second kappa shape index (κ2) is 7.38. The fraction of sp³-hybridized carbons (Fsp3) is 0.273. The van der Waals surface area contributed by atoms with Gasteiger partial charge in [-0.2, -0.15) is 0 Å². The van der Waals surface area contributed by atoms with E-state index in [1.165, 1.54) is 0 Å².